The third kappa shape index (κ3) is 4.70. The van der Waals surface area contributed by atoms with Crippen molar-refractivity contribution in [2.24, 2.45) is 5.92 Å². The molecular formula is C18H25ClN2O3. The van der Waals surface area contributed by atoms with E-state index in [-0.39, 0.29) is 5.91 Å². The third-order valence-electron chi connectivity index (χ3n) is 4.84. The lowest BCUT2D eigenvalue weighted by atomic mass is 9.96. The predicted octanol–water partition coefficient (Wildman–Crippen LogP) is 1.74. The molecule has 0 radical (unpaired) electrons. The molecule has 2 heterocycles. The summed E-state index contributed by atoms with van der Waals surface area (Å²) < 4.78 is 11.0. The van der Waals surface area contributed by atoms with Gasteiger partial charge in [0.2, 0.25) is 5.91 Å². The van der Waals surface area contributed by atoms with Gasteiger partial charge in [-0.2, -0.15) is 0 Å². The largest absolute Gasteiger partial charge is 0.381 e. The molecule has 6 heteroatoms. The molecule has 0 spiro atoms. The smallest absolute Gasteiger partial charge is 0.224 e. The summed E-state index contributed by atoms with van der Waals surface area (Å²) >= 11 is 6.14. The van der Waals surface area contributed by atoms with Gasteiger partial charge in [-0.3, -0.25) is 9.69 Å². The number of amides is 1. The number of carbonyl (C=O) groups excluding carboxylic acids is 1. The van der Waals surface area contributed by atoms with E-state index in [2.05, 4.69) is 10.2 Å². The van der Waals surface area contributed by atoms with Crippen molar-refractivity contribution in [2.75, 3.05) is 46.1 Å². The predicted molar refractivity (Wildman–Crippen MR) is 93.3 cm³/mol. The molecule has 2 aliphatic rings. The zero-order valence-electron chi connectivity index (χ0n) is 13.9. The number of morpholine rings is 1. The van der Waals surface area contributed by atoms with Gasteiger partial charge < -0.3 is 14.8 Å². The summed E-state index contributed by atoms with van der Waals surface area (Å²) in [6.07, 6.45) is 1.37. The van der Waals surface area contributed by atoms with Crippen molar-refractivity contribution < 1.29 is 14.3 Å². The van der Waals surface area contributed by atoms with Gasteiger partial charge in [0.1, 0.15) is 0 Å². The highest BCUT2D eigenvalue weighted by Crippen LogP contribution is 2.22. The summed E-state index contributed by atoms with van der Waals surface area (Å²) in [6, 6.07) is 7.80. The first-order valence-electron chi connectivity index (χ1n) is 8.63. The van der Waals surface area contributed by atoms with Crippen molar-refractivity contribution in [2.45, 2.75) is 18.9 Å². The summed E-state index contributed by atoms with van der Waals surface area (Å²) in [6.45, 7) is 5.61. The first kappa shape index (κ1) is 17.7. The molecule has 0 saturated carbocycles. The highest BCUT2D eigenvalue weighted by atomic mass is 35.5. The summed E-state index contributed by atoms with van der Waals surface area (Å²) in [7, 11) is 0. The first-order valence-corrected chi connectivity index (χ1v) is 9.01. The number of rotatable bonds is 6. The molecule has 132 valence electrons. The van der Waals surface area contributed by atoms with Crippen LogP contribution in [0, 0.1) is 5.92 Å². The van der Waals surface area contributed by atoms with E-state index in [1.165, 1.54) is 0 Å². The highest BCUT2D eigenvalue weighted by Gasteiger charge is 2.31. The molecule has 0 aromatic heterocycles. The first-order chi connectivity index (χ1) is 11.7. The van der Waals surface area contributed by atoms with Crippen LogP contribution in [0.15, 0.2) is 24.3 Å². The number of nitrogens with one attached hydrogen (secondary N) is 1. The summed E-state index contributed by atoms with van der Waals surface area (Å²) in [5.74, 6) is 0.490. The molecule has 24 heavy (non-hydrogen) atoms. The second-order valence-electron chi connectivity index (χ2n) is 6.41. The molecular weight excluding hydrogens is 328 g/mol. The SMILES string of the molecule is O=C(Cc1ccccc1Cl)NC[C@@H]([C@@H]1CCOC1)N1CCOCC1. The molecule has 1 aromatic carbocycles. The van der Waals surface area contributed by atoms with Gasteiger partial charge in [-0.05, 0) is 18.1 Å². The molecule has 1 amide bonds. The maximum atomic E-state index is 12.3. The Hall–Kier alpha value is -1.14. The van der Waals surface area contributed by atoms with E-state index in [4.69, 9.17) is 21.1 Å². The molecule has 2 saturated heterocycles. The van der Waals surface area contributed by atoms with Crippen molar-refractivity contribution >= 4 is 17.5 Å². The molecule has 1 aromatic rings. The van der Waals surface area contributed by atoms with Crippen LogP contribution in [0.2, 0.25) is 5.02 Å². The van der Waals surface area contributed by atoms with Gasteiger partial charge in [0.05, 0.1) is 26.2 Å². The molecule has 0 aliphatic carbocycles. The van der Waals surface area contributed by atoms with Crippen LogP contribution in [0.3, 0.4) is 0 Å². The molecule has 1 N–H and O–H groups in total. The second-order valence-corrected chi connectivity index (χ2v) is 6.82. The Kier molecular flexibility index (Phi) is 6.49. The van der Waals surface area contributed by atoms with Crippen molar-refractivity contribution in [1.82, 2.24) is 10.2 Å². The molecule has 3 rings (SSSR count). The Morgan fingerprint density at radius 1 is 1.25 bits per heavy atom. The molecule has 2 aliphatic heterocycles. The average Bonchev–Trinajstić information content (AvgIpc) is 3.12. The minimum Gasteiger partial charge on any atom is -0.381 e. The standard InChI is InChI=1S/C18H25ClN2O3/c19-16-4-2-1-3-14(16)11-18(22)20-12-17(15-5-8-24-13-15)21-6-9-23-10-7-21/h1-4,15,17H,5-13H2,(H,20,22)/t15-,17+/m1/s1. The highest BCUT2D eigenvalue weighted by molar-refractivity contribution is 6.31. The number of halogens is 1. The van der Waals surface area contributed by atoms with E-state index in [1.807, 2.05) is 24.3 Å². The van der Waals surface area contributed by atoms with Gasteiger partial charge >= 0.3 is 0 Å². The Labute approximate surface area is 148 Å². The van der Waals surface area contributed by atoms with Crippen LogP contribution >= 0.6 is 11.6 Å². The maximum absolute atomic E-state index is 12.3. The number of ether oxygens (including phenoxy) is 2. The van der Waals surface area contributed by atoms with Crippen LogP contribution in [0.25, 0.3) is 0 Å². The van der Waals surface area contributed by atoms with Gasteiger partial charge in [0.15, 0.2) is 0 Å². The number of nitrogens with zero attached hydrogens (tertiary/aromatic N) is 1. The lowest BCUT2D eigenvalue weighted by Gasteiger charge is -2.37. The van der Waals surface area contributed by atoms with Gasteiger partial charge in [-0.15, -0.1) is 0 Å². The quantitative estimate of drug-likeness (QED) is 0.847. The topological polar surface area (TPSA) is 50.8 Å². The lowest BCUT2D eigenvalue weighted by Crippen LogP contribution is -2.52. The van der Waals surface area contributed by atoms with Gasteiger partial charge in [0.25, 0.3) is 0 Å². The van der Waals surface area contributed by atoms with Crippen LogP contribution in [-0.2, 0) is 20.7 Å². The van der Waals surface area contributed by atoms with Gasteiger partial charge in [-0.25, -0.2) is 0 Å². The van der Waals surface area contributed by atoms with Crippen LogP contribution in [0.4, 0.5) is 0 Å². The van der Waals surface area contributed by atoms with E-state index in [0.29, 0.717) is 29.9 Å². The van der Waals surface area contributed by atoms with E-state index in [1.54, 1.807) is 0 Å². The van der Waals surface area contributed by atoms with Crippen LogP contribution in [0.1, 0.15) is 12.0 Å². The van der Waals surface area contributed by atoms with Gasteiger partial charge in [0, 0.05) is 43.2 Å². The Morgan fingerprint density at radius 3 is 2.75 bits per heavy atom. The van der Waals surface area contributed by atoms with E-state index in [0.717, 1.165) is 51.5 Å². The maximum Gasteiger partial charge on any atom is 0.224 e. The normalized spacial score (nSPS) is 23.1. The van der Waals surface area contributed by atoms with Crippen molar-refractivity contribution in [3.05, 3.63) is 34.9 Å². The van der Waals surface area contributed by atoms with Crippen molar-refractivity contribution in [1.29, 1.82) is 0 Å². The van der Waals surface area contributed by atoms with E-state index in [9.17, 15) is 4.79 Å². The van der Waals surface area contributed by atoms with Crippen LogP contribution in [-0.4, -0.2) is 62.9 Å². The van der Waals surface area contributed by atoms with Crippen molar-refractivity contribution in [3.8, 4) is 0 Å². The minimum atomic E-state index is 0.0141. The molecule has 2 atom stereocenters. The minimum absolute atomic E-state index is 0.0141. The zero-order valence-corrected chi connectivity index (χ0v) is 14.6. The van der Waals surface area contributed by atoms with Crippen LogP contribution in [0.5, 0.6) is 0 Å². The van der Waals surface area contributed by atoms with Gasteiger partial charge in [-0.1, -0.05) is 29.8 Å². The number of hydrogen-bond acceptors (Lipinski definition) is 4. The Bertz CT molecular complexity index is 543. The monoisotopic (exact) mass is 352 g/mol. The fraction of sp³-hybridized carbons (Fsp3) is 0.611. The van der Waals surface area contributed by atoms with E-state index >= 15 is 0 Å². The summed E-state index contributed by atoms with van der Waals surface area (Å²) in [5, 5.41) is 3.74. The Balaban J connectivity index is 1.56. The van der Waals surface area contributed by atoms with Crippen molar-refractivity contribution in [3.63, 3.8) is 0 Å². The van der Waals surface area contributed by atoms with E-state index < -0.39 is 0 Å². The second kappa shape index (κ2) is 8.81. The fourth-order valence-corrected chi connectivity index (χ4v) is 3.66. The number of benzene rings is 1. The number of carbonyl (C=O) groups is 1. The molecule has 0 unspecified atom stereocenters. The Morgan fingerprint density at radius 2 is 2.04 bits per heavy atom. The summed E-state index contributed by atoms with van der Waals surface area (Å²) in [4.78, 5) is 14.8. The molecule has 5 nitrogen and oxygen atoms in total. The fourth-order valence-electron chi connectivity index (χ4n) is 3.45. The third-order valence-corrected chi connectivity index (χ3v) is 5.21. The van der Waals surface area contributed by atoms with Crippen LogP contribution < -0.4 is 5.32 Å². The summed E-state index contributed by atoms with van der Waals surface area (Å²) in [5.41, 5.74) is 0.865. The molecule has 2 fully saturated rings. The number of hydrogen-bond donors (Lipinski definition) is 1. The molecule has 0 bridgehead atoms. The average molecular weight is 353 g/mol. The zero-order chi connectivity index (χ0) is 16.8. The lowest BCUT2D eigenvalue weighted by molar-refractivity contribution is -0.120.